The Morgan fingerprint density at radius 2 is 1.69 bits per heavy atom. The van der Waals surface area contributed by atoms with Crippen LogP contribution in [0.1, 0.15) is 31.7 Å². The van der Waals surface area contributed by atoms with Crippen LogP contribution in [0.3, 0.4) is 0 Å². The summed E-state index contributed by atoms with van der Waals surface area (Å²) < 4.78 is 2.09. The van der Waals surface area contributed by atoms with Gasteiger partial charge >= 0.3 is 0 Å². The lowest BCUT2D eigenvalue weighted by Gasteiger charge is -2.20. The van der Waals surface area contributed by atoms with Gasteiger partial charge in [-0.3, -0.25) is 4.79 Å². The molecule has 2 aromatic rings. The van der Waals surface area contributed by atoms with Crippen LogP contribution in [0.5, 0.6) is 0 Å². The highest BCUT2D eigenvalue weighted by Gasteiger charge is 2.44. The topological polar surface area (TPSA) is 37.8 Å². The van der Waals surface area contributed by atoms with Crippen LogP contribution in [0, 0.1) is 11.8 Å². The first-order chi connectivity index (χ1) is 14.0. The molecule has 0 amide bonds. The predicted octanol–water partition coefficient (Wildman–Crippen LogP) is 5.90. The van der Waals surface area contributed by atoms with Crippen LogP contribution in [0.4, 0.5) is 0 Å². The van der Waals surface area contributed by atoms with Crippen molar-refractivity contribution in [1.82, 2.24) is 9.55 Å². The summed E-state index contributed by atoms with van der Waals surface area (Å²) in [6, 6.07) is 11.8. The lowest BCUT2D eigenvalue weighted by molar-refractivity contribution is 0.392. The second-order valence-corrected chi connectivity index (χ2v) is 9.40. The summed E-state index contributed by atoms with van der Waals surface area (Å²) in [5.41, 5.74) is 4.87. The number of hydrogen-bond acceptors (Lipinski definition) is 1. The second kappa shape index (κ2) is 6.13. The summed E-state index contributed by atoms with van der Waals surface area (Å²) >= 11 is 12.6. The maximum atomic E-state index is 13.5. The van der Waals surface area contributed by atoms with Crippen molar-refractivity contribution in [3.63, 3.8) is 0 Å². The Morgan fingerprint density at radius 1 is 1.00 bits per heavy atom. The second-order valence-electron chi connectivity index (χ2n) is 8.56. The summed E-state index contributed by atoms with van der Waals surface area (Å²) in [7, 11) is 0. The highest BCUT2D eigenvalue weighted by atomic mass is 35.5. The molecule has 0 saturated heterocycles. The van der Waals surface area contributed by atoms with Crippen molar-refractivity contribution >= 4 is 40.7 Å². The van der Waals surface area contributed by atoms with E-state index in [1.807, 2.05) is 30.3 Å². The number of nitrogens with one attached hydrogen (secondary N) is 1. The number of H-pyrrole nitrogens is 1. The Labute approximate surface area is 178 Å². The third kappa shape index (κ3) is 2.68. The van der Waals surface area contributed by atoms with E-state index in [2.05, 4.69) is 16.1 Å². The molecule has 3 nitrogen and oxygen atoms in total. The molecule has 2 aromatic carbocycles. The van der Waals surface area contributed by atoms with Crippen molar-refractivity contribution in [3.05, 3.63) is 62.1 Å². The van der Waals surface area contributed by atoms with Gasteiger partial charge in [0, 0.05) is 38.1 Å². The minimum Gasteiger partial charge on any atom is -0.355 e. The molecule has 0 unspecified atom stereocenters. The van der Waals surface area contributed by atoms with E-state index in [-0.39, 0.29) is 5.56 Å². The van der Waals surface area contributed by atoms with Gasteiger partial charge in [0.1, 0.15) is 0 Å². The molecule has 0 aromatic heterocycles. The van der Waals surface area contributed by atoms with Crippen molar-refractivity contribution in [2.45, 2.75) is 31.7 Å². The molecule has 2 aliphatic carbocycles. The maximum absolute atomic E-state index is 13.5. The summed E-state index contributed by atoms with van der Waals surface area (Å²) in [6.45, 7) is 4.17. The van der Waals surface area contributed by atoms with Crippen molar-refractivity contribution in [3.8, 4) is 22.4 Å². The molecule has 2 saturated carbocycles. The zero-order valence-corrected chi connectivity index (χ0v) is 17.4. The molecule has 6 rings (SSSR count). The Balaban J connectivity index is 1.65. The number of aromatic nitrogens is 2. The molecule has 0 radical (unpaired) electrons. The van der Waals surface area contributed by atoms with E-state index in [0.29, 0.717) is 27.9 Å². The van der Waals surface area contributed by atoms with Crippen LogP contribution in [-0.4, -0.2) is 9.55 Å². The lowest BCUT2D eigenvalue weighted by Crippen LogP contribution is -2.25. The Hall–Kier alpha value is -2.23. The third-order valence-electron chi connectivity index (χ3n) is 6.50. The third-order valence-corrected chi connectivity index (χ3v) is 7.04. The zero-order valence-electron chi connectivity index (χ0n) is 15.8. The van der Waals surface area contributed by atoms with Crippen LogP contribution in [0.25, 0.3) is 39.9 Å². The van der Waals surface area contributed by atoms with Gasteiger partial charge in [0.25, 0.3) is 5.56 Å². The van der Waals surface area contributed by atoms with E-state index in [1.54, 1.807) is 6.07 Å². The van der Waals surface area contributed by atoms with Gasteiger partial charge in [0.05, 0.1) is 16.6 Å². The summed E-state index contributed by atoms with van der Waals surface area (Å²) in [5.74, 6) is 1.27. The molecule has 146 valence electrons. The fraction of sp³-hybridized carbons (Fsp3) is 0.292. The standard InChI is InChI=1S/C24H20Cl2N2O/c1-12-10-20-21-18(24(29)28(20)23(13-2-3-13)14-4-5-14)9-8-17(22(21)27-12)16-7-6-15(25)11-19(16)26/h6-11,13-14,23,27H,1-5H2. The van der Waals surface area contributed by atoms with Crippen molar-refractivity contribution < 1.29 is 0 Å². The van der Waals surface area contributed by atoms with Crippen LogP contribution in [0.15, 0.2) is 41.2 Å². The predicted molar refractivity (Wildman–Crippen MR) is 120 cm³/mol. The van der Waals surface area contributed by atoms with Gasteiger partial charge in [-0.2, -0.15) is 0 Å². The average Bonchev–Trinajstić information content (AvgIpc) is 3.59. The average molecular weight is 423 g/mol. The summed E-state index contributed by atoms with van der Waals surface area (Å²) in [6.07, 6.45) is 4.91. The number of nitrogens with zero attached hydrogens (tertiary/aromatic N) is 1. The van der Waals surface area contributed by atoms with Gasteiger partial charge in [-0.05, 0) is 61.8 Å². The number of aromatic amines is 1. The van der Waals surface area contributed by atoms with Crippen molar-refractivity contribution in [2.24, 2.45) is 11.8 Å². The maximum Gasteiger partial charge on any atom is 0.259 e. The highest BCUT2D eigenvalue weighted by Crippen LogP contribution is 2.53. The van der Waals surface area contributed by atoms with Crippen LogP contribution >= 0.6 is 23.2 Å². The molecule has 2 fully saturated rings. The first kappa shape index (κ1) is 17.6. The van der Waals surface area contributed by atoms with Gasteiger partial charge in [0.2, 0.25) is 0 Å². The number of rotatable bonds is 4. The zero-order chi connectivity index (χ0) is 19.9. The Morgan fingerprint density at radius 3 is 2.34 bits per heavy atom. The number of pyridine rings is 1. The van der Waals surface area contributed by atoms with E-state index in [9.17, 15) is 4.79 Å². The minimum atomic E-state index is 0.126. The molecule has 0 atom stereocenters. The van der Waals surface area contributed by atoms with Gasteiger partial charge < -0.3 is 9.55 Å². The molecule has 5 heteroatoms. The quantitative estimate of drug-likeness (QED) is 0.436. The number of halogens is 2. The molecule has 29 heavy (non-hydrogen) atoms. The summed E-state index contributed by atoms with van der Waals surface area (Å²) in [4.78, 5) is 16.9. The molecular weight excluding hydrogens is 403 g/mol. The van der Waals surface area contributed by atoms with E-state index in [1.165, 1.54) is 25.7 Å². The Kier molecular flexibility index (Phi) is 3.73. The van der Waals surface area contributed by atoms with Crippen LogP contribution in [0.2, 0.25) is 10.0 Å². The van der Waals surface area contributed by atoms with Crippen LogP contribution in [-0.2, 0) is 0 Å². The van der Waals surface area contributed by atoms with Crippen LogP contribution < -0.4 is 10.9 Å². The first-order valence-electron chi connectivity index (χ1n) is 10.2. The van der Waals surface area contributed by atoms with E-state index >= 15 is 0 Å². The Bertz CT molecular complexity index is 1330. The van der Waals surface area contributed by atoms with Gasteiger partial charge in [-0.15, -0.1) is 0 Å². The minimum absolute atomic E-state index is 0.126. The largest absolute Gasteiger partial charge is 0.355 e. The number of benzene rings is 2. The monoisotopic (exact) mass is 422 g/mol. The molecule has 0 spiro atoms. The molecule has 2 aliphatic heterocycles. The van der Waals surface area contributed by atoms with Gasteiger partial charge in [-0.1, -0.05) is 41.9 Å². The van der Waals surface area contributed by atoms with E-state index in [4.69, 9.17) is 23.2 Å². The van der Waals surface area contributed by atoms with Crippen molar-refractivity contribution in [1.29, 1.82) is 0 Å². The van der Waals surface area contributed by atoms with Gasteiger partial charge in [0.15, 0.2) is 0 Å². The smallest absolute Gasteiger partial charge is 0.259 e. The molecular formula is C24H20Cl2N2O. The molecule has 1 N–H and O–H groups in total. The van der Waals surface area contributed by atoms with E-state index in [0.717, 1.165) is 38.6 Å². The normalized spacial score (nSPS) is 17.1. The number of hydrogen-bond donors (Lipinski definition) is 1. The SMILES string of the molecule is C=c1cc2n(C(C3CC3)C3CC3)c(=O)c3ccc(-c4ccc(Cl)cc4Cl)c([nH]1)c3-2. The lowest BCUT2D eigenvalue weighted by atomic mass is 9.97. The summed E-state index contributed by atoms with van der Waals surface area (Å²) in [5, 5.41) is 2.75. The fourth-order valence-electron chi connectivity index (χ4n) is 4.95. The molecule has 2 heterocycles. The highest BCUT2D eigenvalue weighted by molar-refractivity contribution is 6.36. The van der Waals surface area contributed by atoms with Crippen molar-refractivity contribution in [2.75, 3.05) is 0 Å². The first-order valence-corrected chi connectivity index (χ1v) is 10.9. The van der Waals surface area contributed by atoms with Gasteiger partial charge in [-0.25, -0.2) is 0 Å². The fourth-order valence-corrected chi connectivity index (χ4v) is 5.46. The van der Waals surface area contributed by atoms with E-state index < -0.39 is 0 Å². The molecule has 4 aliphatic rings. The molecule has 0 bridgehead atoms.